The summed E-state index contributed by atoms with van der Waals surface area (Å²) in [6.07, 6.45) is 1.56. The molecule has 0 amide bonds. The number of para-hydroxylation sites is 1. The summed E-state index contributed by atoms with van der Waals surface area (Å²) in [6.45, 7) is 2.04. The highest BCUT2D eigenvalue weighted by molar-refractivity contribution is 7.13. The summed E-state index contributed by atoms with van der Waals surface area (Å²) in [4.78, 5) is 38.4. The average molecular weight is 484 g/mol. The van der Waals surface area contributed by atoms with Crippen LogP contribution in [0.5, 0.6) is 11.5 Å². The van der Waals surface area contributed by atoms with Gasteiger partial charge < -0.3 is 14.2 Å². The van der Waals surface area contributed by atoms with Crippen LogP contribution in [0.3, 0.4) is 0 Å². The minimum atomic E-state index is -0.770. The first-order chi connectivity index (χ1) is 16.4. The van der Waals surface area contributed by atoms with Crippen molar-refractivity contribution in [3.63, 3.8) is 0 Å². The molecule has 11 nitrogen and oxygen atoms in total. The number of non-ortho nitro benzene ring substituents is 1. The molecule has 0 aliphatic carbocycles. The maximum atomic E-state index is 12.1. The number of ether oxygens (including phenoxy) is 3. The maximum Gasteiger partial charge on any atom is 0.341 e. The lowest BCUT2D eigenvalue weighted by Gasteiger charge is -2.11. The van der Waals surface area contributed by atoms with E-state index in [1.165, 1.54) is 36.8 Å². The smallest absolute Gasteiger partial charge is 0.341 e. The van der Waals surface area contributed by atoms with E-state index in [1.54, 1.807) is 36.6 Å². The molecule has 0 spiro atoms. The topological polar surface area (TPSA) is 142 Å². The molecule has 0 aliphatic heterocycles. The third-order valence-electron chi connectivity index (χ3n) is 4.26. The first-order valence-corrected chi connectivity index (χ1v) is 10.8. The molecule has 12 heteroatoms. The van der Waals surface area contributed by atoms with Gasteiger partial charge in [-0.05, 0) is 25.1 Å². The van der Waals surface area contributed by atoms with Gasteiger partial charge in [0.05, 0.1) is 37.0 Å². The molecule has 0 saturated heterocycles. The lowest BCUT2D eigenvalue weighted by Crippen LogP contribution is -2.07. The summed E-state index contributed by atoms with van der Waals surface area (Å²) in [5, 5.41) is 17.4. The van der Waals surface area contributed by atoms with E-state index < -0.39 is 10.9 Å². The van der Waals surface area contributed by atoms with Crippen LogP contribution in [0.4, 0.5) is 10.8 Å². The molecule has 176 valence electrons. The normalized spacial score (nSPS) is 10.6. The van der Waals surface area contributed by atoms with Gasteiger partial charge in [0.25, 0.3) is 5.69 Å². The molecule has 34 heavy (non-hydrogen) atoms. The minimum absolute atomic E-state index is 0.0736. The van der Waals surface area contributed by atoms with Crippen LogP contribution in [0, 0.1) is 10.1 Å². The molecule has 0 saturated carbocycles. The van der Waals surface area contributed by atoms with E-state index in [1.807, 2.05) is 0 Å². The maximum absolute atomic E-state index is 12.1. The first kappa shape index (κ1) is 24.3. The number of nitro groups is 1. The number of nitrogens with one attached hydrogen (secondary N) is 1. The Hall–Kier alpha value is -4.32. The van der Waals surface area contributed by atoms with Crippen molar-refractivity contribution in [2.45, 2.75) is 13.3 Å². The number of hydrazone groups is 1. The lowest BCUT2D eigenvalue weighted by molar-refractivity contribution is -0.384. The van der Waals surface area contributed by atoms with Crippen molar-refractivity contribution in [2.24, 2.45) is 5.10 Å². The van der Waals surface area contributed by atoms with Gasteiger partial charge in [-0.3, -0.25) is 20.3 Å². The Bertz CT molecular complexity index is 1230. The lowest BCUT2D eigenvalue weighted by atomic mass is 10.1. The fourth-order valence-electron chi connectivity index (χ4n) is 2.75. The number of esters is 2. The molecule has 1 aromatic heterocycles. The summed E-state index contributed by atoms with van der Waals surface area (Å²) in [5.74, 6) is -0.676. The molecule has 0 aliphatic rings. The first-order valence-electron chi connectivity index (χ1n) is 9.94. The number of methoxy groups -OCH3 is 1. The molecular formula is C22H20N4O7S. The van der Waals surface area contributed by atoms with Crippen LogP contribution < -0.4 is 10.2 Å². The van der Waals surface area contributed by atoms with Crippen LogP contribution >= 0.6 is 11.3 Å². The molecule has 1 heterocycles. The van der Waals surface area contributed by atoms with Gasteiger partial charge in [-0.2, -0.15) is 5.10 Å². The van der Waals surface area contributed by atoms with E-state index in [2.05, 4.69) is 15.5 Å². The van der Waals surface area contributed by atoms with Crippen LogP contribution in [0.2, 0.25) is 0 Å². The monoisotopic (exact) mass is 484 g/mol. The zero-order valence-electron chi connectivity index (χ0n) is 18.2. The Labute approximate surface area is 198 Å². The fourth-order valence-corrected chi connectivity index (χ4v) is 3.40. The van der Waals surface area contributed by atoms with E-state index in [0.29, 0.717) is 28.7 Å². The summed E-state index contributed by atoms with van der Waals surface area (Å²) >= 11 is 1.28. The third kappa shape index (κ3) is 6.36. The van der Waals surface area contributed by atoms with Crippen LogP contribution in [0.25, 0.3) is 0 Å². The molecule has 0 radical (unpaired) electrons. The predicted molar refractivity (Wildman–Crippen MR) is 125 cm³/mol. The summed E-state index contributed by atoms with van der Waals surface area (Å²) in [7, 11) is 1.17. The molecule has 0 atom stereocenters. The van der Waals surface area contributed by atoms with E-state index in [9.17, 15) is 19.7 Å². The van der Waals surface area contributed by atoms with Gasteiger partial charge in [0, 0.05) is 23.1 Å². The van der Waals surface area contributed by atoms with Gasteiger partial charge in [0.15, 0.2) is 0 Å². The number of rotatable bonds is 10. The number of hydrogen-bond donors (Lipinski definition) is 1. The Morgan fingerprint density at radius 2 is 2.03 bits per heavy atom. The summed E-state index contributed by atoms with van der Waals surface area (Å²) < 4.78 is 15.5. The number of nitrogens with zero attached hydrogens (tertiary/aromatic N) is 3. The Kier molecular flexibility index (Phi) is 8.24. The SMILES string of the molecule is CCOC(=O)Cc1csc(NN=Cc2ccccc2Oc2ccc([N+](=O)[O-])cc2C(=O)OC)n1. The van der Waals surface area contributed by atoms with E-state index >= 15 is 0 Å². The van der Waals surface area contributed by atoms with Crippen LogP contribution in [-0.2, 0) is 20.7 Å². The van der Waals surface area contributed by atoms with Gasteiger partial charge in [0.2, 0.25) is 5.13 Å². The largest absolute Gasteiger partial charge is 0.466 e. The van der Waals surface area contributed by atoms with Crippen molar-refractivity contribution in [3.8, 4) is 11.5 Å². The number of anilines is 1. The molecule has 0 bridgehead atoms. The molecule has 0 fully saturated rings. The Morgan fingerprint density at radius 1 is 1.24 bits per heavy atom. The predicted octanol–water partition coefficient (Wildman–Crippen LogP) is 4.18. The highest BCUT2D eigenvalue weighted by Crippen LogP contribution is 2.31. The molecule has 0 unspecified atom stereocenters. The van der Waals surface area contributed by atoms with E-state index in [4.69, 9.17) is 14.2 Å². The number of hydrogen-bond acceptors (Lipinski definition) is 11. The fraction of sp³-hybridized carbons (Fsp3) is 0.182. The average Bonchev–Trinajstić information content (AvgIpc) is 3.26. The van der Waals surface area contributed by atoms with Crippen LogP contribution in [0.15, 0.2) is 52.9 Å². The van der Waals surface area contributed by atoms with Crippen molar-refractivity contribution >= 4 is 40.3 Å². The Morgan fingerprint density at radius 3 is 2.76 bits per heavy atom. The molecule has 3 aromatic rings. The number of thiazole rings is 1. The second-order valence-corrected chi connectivity index (χ2v) is 7.42. The highest BCUT2D eigenvalue weighted by Gasteiger charge is 2.19. The molecule has 3 rings (SSSR count). The van der Waals surface area contributed by atoms with E-state index in [0.717, 1.165) is 6.07 Å². The molecule has 1 N–H and O–H groups in total. The van der Waals surface area contributed by atoms with Gasteiger partial charge >= 0.3 is 11.9 Å². The number of carbonyl (C=O) groups excluding carboxylic acids is 2. The number of nitro benzene ring substituents is 1. The van der Waals surface area contributed by atoms with Crippen molar-refractivity contribution in [2.75, 3.05) is 19.1 Å². The van der Waals surface area contributed by atoms with Gasteiger partial charge in [-0.1, -0.05) is 12.1 Å². The quantitative estimate of drug-likeness (QED) is 0.194. The second-order valence-electron chi connectivity index (χ2n) is 6.56. The number of carbonyl (C=O) groups is 2. The van der Waals surface area contributed by atoms with Gasteiger partial charge in [0.1, 0.15) is 17.1 Å². The molecule has 2 aromatic carbocycles. The molecular weight excluding hydrogens is 464 g/mol. The second kappa shape index (κ2) is 11.5. The van der Waals surface area contributed by atoms with Crippen molar-refractivity contribution in [1.82, 2.24) is 4.98 Å². The van der Waals surface area contributed by atoms with Crippen molar-refractivity contribution < 1.29 is 28.7 Å². The number of aromatic nitrogens is 1. The highest BCUT2D eigenvalue weighted by atomic mass is 32.1. The van der Waals surface area contributed by atoms with Gasteiger partial charge in [-0.25, -0.2) is 9.78 Å². The van der Waals surface area contributed by atoms with Crippen LogP contribution in [0.1, 0.15) is 28.5 Å². The standard InChI is InChI=1S/C22H20N4O7S/c1-3-32-20(27)10-15-13-34-22(24-15)25-23-12-14-6-4-5-7-18(14)33-19-9-8-16(26(29)30)11-17(19)21(28)31-2/h4-9,11-13H,3,10H2,1-2H3,(H,24,25). The summed E-state index contributed by atoms with van der Waals surface area (Å²) in [6, 6.07) is 10.5. The Balaban J connectivity index is 1.75. The zero-order valence-corrected chi connectivity index (χ0v) is 19.0. The third-order valence-corrected chi connectivity index (χ3v) is 5.06. The van der Waals surface area contributed by atoms with Crippen molar-refractivity contribution in [1.29, 1.82) is 0 Å². The van der Waals surface area contributed by atoms with Gasteiger partial charge in [-0.15, -0.1) is 11.3 Å². The minimum Gasteiger partial charge on any atom is -0.466 e. The van der Waals surface area contributed by atoms with Crippen LogP contribution in [-0.4, -0.2) is 41.8 Å². The zero-order chi connectivity index (χ0) is 24.5. The summed E-state index contributed by atoms with van der Waals surface area (Å²) in [5.41, 5.74) is 3.57. The van der Waals surface area contributed by atoms with E-state index in [-0.39, 0.29) is 29.4 Å². The number of benzene rings is 2. The van der Waals surface area contributed by atoms with Crippen molar-refractivity contribution in [3.05, 3.63) is 74.8 Å².